The van der Waals surface area contributed by atoms with Gasteiger partial charge >= 0.3 is 0 Å². The highest BCUT2D eigenvalue weighted by atomic mass is 32.2. The number of hydrogen-bond acceptors (Lipinski definition) is 8. The van der Waals surface area contributed by atoms with Crippen LogP contribution in [0.4, 0.5) is 5.82 Å². The first-order valence-corrected chi connectivity index (χ1v) is 13.1. The third-order valence-electron chi connectivity index (χ3n) is 6.09. The van der Waals surface area contributed by atoms with E-state index in [1.807, 2.05) is 31.2 Å². The van der Waals surface area contributed by atoms with Gasteiger partial charge in [0.05, 0.1) is 34.7 Å². The smallest absolute Gasteiger partial charge is 0.262 e. The van der Waals surface area contributed by atoms with Crippen LogP contribution in [0.2, 0.25) is 0 Å². The second-order valence-electron chi connectivity index (χ2n) is 8.45. The maximum atomic E-state index is 13.3. The summed E-state index contributed by atoms with van der Waals surface area (Å²) in [5.74, 6) is 1.70. The summed E-state index contributed by atoms with van der Waals surface area (Å²) in [6, 6.07) is 7.28. The second kappa shape index (κ2) is 9.40. The van der Waals surface area contributed by atoms with Crippen molar-refractivity contribution in [3.05, 3.63) is 50.9 Å². The lowest BCUT2D eigenvalue weighted by Crippen LogP contribution is -2.28. The first-order chi connectivity index (χ1) is 16.1. The van der Waals surface area contributed by atoms with Gasteiger partial charge in [-0.15, -0.1) is 11.3 Å². The van der Waals surface area contributed by atoms with Gasteiger partial charge < -0.3 is 10.5 Å². The van der Waals surface area contributed by atoms with Crippen LogP contribution in [-0.4, -0.2) is 33.2 Å². The van der Waals surface area contributed by atoms with Crippen molar-refractivity contribution in [3.63, 3.8) is 0 Å². The molecule has 0 radical (unpaired) electrons. The normalized spacial score (nSPS) is 15.0. The number of nitrogen functional groups attached to an aromatic ring is 1. The average molecular weight is 482 g/mol. The fraction of sp³-hybridized carbons (Fsp3) is 0.417. The molecule has 1 atom stereocenters. The van der Waals surface area contributed by atoms with E-state index in [0.29, 0.717) is 40.1 Å². The molecular weight excluding hydrogens is 454 g/mol. The topological polar surface area (TPSA) is 95.9 Å². The van der Waals surface area contributed by atoms with Crippen molar-refractivity contribution in [2.45, 2.75) is 56.0 Å². The van der Waals surface area contributed by atoms with E-state index < -0.39 is 0 Å². The lowest BCUT2D eigenvalue weighted by molar-refractivity contribution is 0.156. The number of thioether (sulfide) groups is 1. The zero-order chi connectivity index (χ0) is 22.9. The number of aryl methyl sites for hydroxylation is 2. The lowest BCUT2D eigenvalue weighted by Gasteiger charge is -2.18. The third kappa shape index (κ3) is 4.25. The van der Waals surface area contributed by atoms with Crippen molar-refractivity contribution >= 4 is 50.0 Å². The summed E-state index contributed by atoms with van der Waals surface area (Å²) in [5, 5.41) is 2.28. The van der Waals surface area contributed by atoms with Gasteiger partial charge in [-0.2, -0.15) is 0 Å². The van der Waals surface area contributed by atoms with Gasteiger partial charge in [0.25, 0.3) is 5.56 Å². The molecule has 0 fully saturated rings. The summed E-state index contributed by atoms with van der Waals surface area (Å²) < 4.78 is 7.03. The van der Waals surface area contributed by atoms with Crippen LogP contribution in [0, 0.1) is 0 Å². The zero-order valence-corrected chi connectivity index (χ0v) is 20.5. The Bertz CT molecular complexity index is 1380. The Balaban J connectivity index is 1.50. The summed E-state index contributed by atoms with van der Waals surface area (Å²) in [6.45, 7) is 2.38. The molecule has 0 saturated heterocycles. The standard InChI is InChI=1S/C24H27N5O2S2/c1-14(12-31-2)29-23(30)15-8-6-7-10-17(15)26-24(29)32-13-19-27-21(25)20-16-9-4-3-5-11-18(16)33-22(20)28-19/h6-8,10,14H,3-5,9,11-13H2,1-2H3,(H2,25,27,28). The highest BCUT2D eigenvalue weighted by Gasteiger charge is 2.21. The molecule has 1 unspecified atom stereocenters. The molecule has 5 rings (SSSR count). The first-order valence-electron chi connectivity index (χ1n) is 11.3. The summed E-state index contributed by atoms with van der Waals surface area (Å²) in [4.78, 5) is 29.9. The number of methoxy groups -OCH3 is 1. The minimum Gasteiger partial charge on any atom is -0.383 e. The molecule has 1 aliphatic carbocycles. The Kier molecular flexibility index (Phi) is 6.36. The molecule has 0 aliphatic heterocycles. The predicted octanol–water partition coefficient (Wildman–Crippen LogP) is 4.75. The number of benzene rings is 1. The molecule has 0 bridgehead atoms. The fourth-order valence-electron chi connectivity index (χ4n) is 4.53. The first kappa shape index (κ1) is 22.3. The molecule has 1 aliphatic rings. The number of thiophene rings is 1. The Morgan fingerprint density at radius 1 is 1.18 bits per heavy atom. The molecule has 2 N–H and O–H groups in total. The quantitative estimate of drug-likeness (QED) is 0.241. The minimum absolute atomic E-state index is 0.0643. The van der Waals surface area contributed by atoms with Crippen molar-refractivity contribution in [2.24, 2.45) is 0 Å². The van der Waals surface area contributed by atoms with Gasteiger partial charge in [0.1, 0.15) is 16.5 Å². The van der Waals surface area contributed by atoms with Crippen molar-refractivity contribution < 1.29 is 4.74 Å². The SMILES string of the molecule is COCC(C)n1c(SCc2nc(N)c3c4c(sc3n2)CCCCC4)nc2ccccc2c1=O. The maximum absolute atomic E-state index is 13.3. The number of aromatic nitrogens is 4. The van der Waals surface area contributed by atoms with Crippen molar-refractivity contribution in [3.8, 4) is 0 Å². The number of hydrogen-bond donors (Lipinski definition) is 1. The van der Waals surface area contributed by atoms with E-state index in [1.165, 1.54) is 41.5 Å². The monoisotopic (exact) mass is 481 g/mol. The van der Waals surface area contributed by atoms with Gasteiger partial charge in [-0.05, 0) is 50.3 Å². The van der Waals surface area contributed by atoms with E-state index in [0.717, 1.165) is 23.1 Å². The van der Waals surface area contributed by atoms with Crippen molar-refractivity contribution in [1.29, 1.82) is 0 Å². The van der Waals surface area contributed by atoms with Gasteiger partial charge in [0.15, 0.2) is 5.16 Å². The van der Waals surface area contributed by atoms with E-state index in [-0.39, 0.29) is 11.6 Å². The van der Waals surface area contributed by atoms with Crippen LogP contribution < -0.4 is 11.3 Å². The van der Waals surface area contributed by atoms with Gasteiger partial charge in [-0.1, -0.05) is 30.3 Å². The maximum Gasteiger partial charge on any atom is 0.262 e. The number of anilines is 1. The predicted molar refractivity (Wildman–Crippen MR) is 135 cm³/mol. The number of para-hydroxylation sites is 1. The summed E-state index contributed by atoms with van der Waals surface area (Å²) in [5.41, 5.74) is 8.39. The number of nitrogens with two attached hydrogens (primary N) is 1. The molecule has 0 saturated carbocycles. The van der Waals surface area contributed by atoms with Gasteiger partial charge in [-0.3, -0.25) is 9.36 Å². The van der Waals surface area contributed by atoms with Gasteiger partial charge in [0, 0.05) is 12.0 Å². The number of ether oxygens (including phenoxy) is 1. The minimum atomic E-state index is -0.150. The Hall–Kier alpha value is -2.49. The number of nitrogens with zero attached hydrogens (tertiary/aromatic N) is 4. The molecule has 0 spiro atoms. The molecule has 3 aromatic heterocycles. The van der Waals surface area contributed by atoms with E-state index >= 15 is 0 Å². The van der Waals surface area contributed by atoms with Crippen LogP contribution in [0.15, 0.2) is 34.2 Å². The van der Waals surface area contributed by atoms with E-state index in [4.69, 9.17) is 20.4 Å². The summed E-state index contributed by atoms with van der Waals surface area (Å²) in [7, 11) is 1.64. The largest absolute Gasteiger partial charge is 0.383 e. The molecule has 1 aromatic carbocycles. The summed E-state index contributed by atoms with van der Waals surface area (Å²) in [6.07, 6.45) is 5.84. The number of rotatable bonds is 6. The molecule has 9 heteroatoms. The van der Waals surface area contributed by atoms with Crippen LogP contribution in [0.5, 0.6) is 0 Å². The molecule has 0 amide bonds. The van der Waals surface area contributed by atoms with Crippen molar-refractivity contribution in [1.82, 2.24) is 19.5 Å². The number of fused-ring (bicyclic) bond motifs is 4. The zero-order valence-electron chi connectivity index (χ0n) is 18.8. The highest BCUT2D eigenvalue weighted by molar-refractivity contribution is 7.98. The molecule has 3 heterocycles. The van der Waals surface area contributed by atoms with E-state index in [1.54, 1.807) is 23.0 Å². The fourth-order valence-corrected chi connectivity index (χ4v) is 6.77. The van der Waals surface area contributed by atoms with Crippen LogP contribution in [0.25, 0.3) is 21.1 Å². The molecule has 7 nitrogen and oxygen atoms in total. The summed E-state index contributed by atoms with van der Waals surface area (Å²) >= 11 is 3.21. The highest BCUT2D eigenvalue weighted by Crippen LogP contribution is 2.37. The second-order valence-corrected chi connectivity index (χ2v) is 10.5. The Morgan fingerprint density at radius 2 is 2.00 bits per heavy atom. The Labute approximate surface area is 200 Å². The van der Waals surface area contributed by atoms with Crippen LogP contribution >= 0.6 is 23.1 Å². The van der Waals surface area contributed by atoms with Gasteiger partial charge in [-0.25, -0.2) is 15.0 Å². The van der Waals surface area contributed by atoms with Crippen LogP contribution in [0.1, 0.15) is 48.5 Å². The van der Waals surface area contributed by atoms with Crippen LogP contribution in [-0.2, 0) is 23.3 Å². The van der Waals surface area contributed by atoms with Crippen molar-refractivity contribution in [2.75, 3.05) is 19.5 Å². The molecule has 4 aromatic rings. The van der Waals surface area contributed by atoms with Gasteiger partial charge in [0.2, 0.25) is 0 Å². The Morgan fingerprint density at radius 3 is 2.85 bits per heavy atom. The molecule has 33 heavy (non-hydrogen) atoms. The van der Waals surface area contributed by atoms with Crippen LogP contribution in [0.3, 0.4) is 0 Å². The molecule has 172 valence electrons. The third-order valence-corrected chi connectivity index (χ3v) is 8.23. The van der Waals surface area contributed by atoms with E-state index in [2.05, 4.69) is 4.98 Å². The molecular formula is C24H27N5O2S2. The lowest BCUT2D eigenvalue weighted by atomic mass is 10.1. The van der Waals surface area contributed by atoms with E-state index in [9.17, 15) is 4.79 Å². The average Bonchev–Trinajstić information content (AvgIpc) is 2.99.